The average Bonchev–Trinajstić information content (AvgIpc) is 2.83. The normalized spacial score (nSPS) is 16.4. The minimum atomic E-state index is 0.121. The monoisotopic (exact) mass is 504 g/mol. The van der Waals surface area contributed by atoms with Gasteiger partial charge in [0.05, 0.1) is 28.9 Å². The van der Waals surface area contributed by atoms with Gasteiger partial charge in [0.2, 0.25) is 0 Å². The lowest BCUT2D eigenvalue weighted by atomic mass is 9.99. The van der Waals surface area contributed by atoms with Crippen LogP contribution >= 0.6 is 27.5 Å². The summed E-state index contributed by atoms with van der Waals surface area (Å²) in [6.07, 6.45) is 0.931. The first-order valence-electron chi connectivity index (χ1n) is 10.5. The van der Waals surface area contributed by atoms with Gasteiger partial charge < -0.3 is 4.90 Å². The molecule has 1 aliphatic rings. The molecule has 1 fully saturated rings. The van der Waals surface area contributed by atoms with E-state index in [0.29, 0.717) is 11.1 Å². The molecule has 1 saturated heterocycles. The van der Waals surface area contributed by atoms with Crippen molar-refractivity contribution in [3.8, 4) is 12.1 Å². The molecule has 0 saturated carbocycles. The molecule has 160 valence electrons. The summed E-state index contributed by atoms with van der Waals surface area (Å²) in [5.74, 6) is 0. The third-order valence-electron chi connectivity index (χ3n) is 5.91. The minimum absolute atomic E-state index is 0.121. The number of hydrogen-bond acceptors (Lipinski definition) is 4. The molecule has 1 heterocycles. The van der Waals surface area contributed by atoms with E-state index in [-0.39, 0.29) is 6.04 Å². The van der Waals surface area contributed by atoms with Crippen molar-refractivity contribution in [3.63, 3.8) is 0 Å². The van der Waals surface area contributed by atoms with E-state index in [1.165, 1.54) is 11.1 Å². The number of nitrogens with zero attached hydrogens (tertiary/aromatic N) is 4. The maximum Gasteiger partial charge on any atom is 0.101 e. The van der Waals surface area contributed by atoms with Crippen LogP contribution in [-0.2, 0) is 6.42 Å². The molecular weight excluding hydrogens is 484 g/mol. The predicted molar refractivity (Wildman–Crippen MR) is 132 cm³/mol. The van der Waals surface area contributed by atoms with E-state index in [2.05, 4.69) is 50.0 Å². The molecule has 0 spiro atoms. The van der Waals surface area contributed by atoms with E-state index in [4.69, 9.17) is 16.9 Å². The molecule has 0 aliphatic carbocycles. The summed E-state index contributed by atoms with van der Waals surface area (Å²) in [4.78, 5) is 4.81. The number of nitriles is 2. The van der Waals surface area contributed by atoms with Crippen molar-refractivity contribution >= 4 is 33.2 Å². The van der Waals surface area contributed by atoms with Crippen LogP contribution in [0.2, 0.25) is 5.02 Å². The Morgan fingerprint density at radius 1 is 0.938 bits per heavy atom. The highest BCUT2D eigenvalue weighted by molar-refractivity contribution is 9.10. The number of benzene rings is 3. The van der Waals surface area contributed by atoms with Crippen LogP contribution in [0.1, 0.15) is 28.3 Å². The van der Waals surface area contributed by atoms with E-state index in [1.807, 2.05) is 54.6 Å². The van der Waals surface area contributed by atoms with Crippen LogP contribution in [0.3, 0.4) is 0 Å². The number of hydrogen-bond donors (Lipinski definition) is 0. The summed E-state index contributed by atoms with van der Waals surface area (Å²) < 4.78 is 0.905. The Balaban J connectivity index is 1.56. The number of anilines is 1. The fourth-order valence-corrected chi connectivity index (χ4v) is 4.67. The van der Waals surface area contributed by atoms with E-state index in [9.17, 15) is 5.26 Å². The smallest absolute Gasteiger partial charge is 0.101 e. The van der Waals surface area contributed by atoms with Crippen molar-refractivity contribution in [1.82, 2.24) is 4.90 Å². The topological polar surface area (TPSA) is 54.1 Å². The fraction of sp³-hybridized carbons (Fsp3) is 0.231. The van der Waals surface area contributed by atoms with E-state index in [0.717, 1.165) is 47.8 Å². The summed E-state index contributed by atoms with van der Waals surface area (Å²) >= 11 is 9.62. The summed E-state index contributed by atoms with van der Waals surface area (Å²) in [5.41, 5.74) is 4.73. The van der Waals surface area contributed by atoms with Gasteiger partial charge in [-0.2, -0.15) is 10.5 Å². The SMILES string of the molecule is N#Cc1ccc(CCN2CCN(c3ccc(Br)cc3C#N)[C@H](c3ccc(Cl)cc3)C2)cc1. The van der Waals surface area contributed by atoms with Crippen molar-refractivity contribution in [2.75, 3.05) is 31.1 Å². The second-order valence-corrected chi connectivity index (χ2v) is 9.25. The molecule has 3 aromatic rings. The Morgan fingerprint density at radius 3 is 2.38 bits per heavy atom. The lowest BCUT2D eigenvalue weighted by Crippen LogP contribution is -2.49. The van der Waals surface area contributed by atoms with Gasteiger partial charge in [0.25, 0.3) is 0 Å². The zero-order valence-corrected chi connectivity index (χ0v) is 19.9. The highest BCUT2D eigenvalue weighted by Gasteiger charge is 2.29. The van der Waals surface area contributed by atoms with Crippen molar-refractivity contribution in [2.45, 2.75) is 12.5 Å². The van der Waals surface area contributed by atoms with Gasteiger partial charge in [-0.1, -0.05) is 51.8 Å². The standard InChI is InChI=1S/C26H22BrClN4/c27-23-7-10-25(22(15-23)17-30)32-14-13-31(12-11-19-1-3-20(16-29)4-2-19)18-26(32)21-5-8-24(28)9-6-21/h1-10,15,26H,11-14,18H2/t26-/m0/s1. The average molecular weight is 506 g/mol. The molecule has 0 unspecified atom stereocenters. The molecule has 1 atom stereocenters. The highest BCUT2D eigenvalue weighted by Crippen LogP contribution is 2.34. The first kappa shape index (κ1) is 22.4. The van der Waals surface area contributed by atoms with E-state index in [1.54, 1.807) is 0 Å². The zero-order chi connectivity index (χ0) is 22.5. The molecule has 0 N–H and O–H groups in total. The Labute approximate surface area is 202 Å². The van der Waals surface area contributed by atoms with E-state index >= 15 is 0 Å². The molecule has 4 rings (SSSR count). The summed E-state index contributed by atoms with van der Waals surface area (Å²) in [6.45, 7) is 3.55. The molecule has 32 heavy (non-hydrogen) atoms. The van der Waals surface area contributed by atoms with Gasteiger partial charge in [-0.25, -0.2) is 0 Å². The number of rotatable bonds is 5. The maximum absolute atomic E-state index is 9.72. The molecule has 0 bridgehead atoms. The van der Waals surface area contributed by atoms with Gasteiger partial charge in [-0.3, -0.25) is 4.90 Å². The van der Waals surface area contributed by atoms with Crippen LogP contribution in [0.15, 0.2) is 71.2 Å². The van der Waals surface area contributed by atoms with Crippen molar-refractivity contribution in [1.29, 1.82) is 10.5 Å². The van der Waals surface area contributed by atoms with Gasteiger partial charge in [-0.05, 0) is 60.0 Å². The molecule has 0 aromatic heterocycles. The van der Waals surface area contributed by atoms with E-state index < -0.39 is 0 Å². The van der Waals surface area contributed by atoms with Crippen molar-refractivity contribution in [3.05, 3.63) is 98.5 Å². The third kappa shape index (κ3) is 5.14. The fourth-order valence-electron chi connectivity index (χ4n) is 4.18. The second-order valence-electron chi connectivity index (χ2n) is 7.89. The second kappa shape index (κ2) is 10.2. The quantitative estimate of drug-likeness (QED) is 0.430. The van der Waals surface area contributed by atoms with Gasteiger partial charge in [-0.15, -0.1) is 0 Å². The highest BCUT2D eigenvalue weighted by atomic mass is 79.9. The summed E-state index contributed by atoms with van der Waals surface area (Å²) in [6, 6.07) is 26.4. The first-order valence-corrected chi connectivity index (χ1v) is 11.7. The lowest BCUT2D eigenvalue weighted by molar-refractivity contribution is 0.226. The Bertz CT molecular complexity index is 1160. The largest absolute Gasteiger partial charge is 0.361 e. The van der Waals surface area contributed by atoms with Crippen molar-refractivity contribution < 1.29 is 0 Å². The Morgan fingerprint density at radius 2 is 1.69 bits per heavy atom. The van der Waals surface area contributed by atoms with Crippen LogP contribution in [0, 0.1) is 22.7 Å². The van der Waals surface area contributed by atoms with Gasteiger partial charge in [0.15, 0.2) is 0 Å². The minimum Gasteiger partial charge on any atom is -0.361 e. The molecule has 1 aliphatic heterocycles. The maximum atomic E-state index is 9.72. The lowest BCUT2D eigenvalue weighted by Gasteiger charge is -2.43. The molecular formula is C26H22BrClN4. The Kier molecular flexibility index (Phi) is 7.12. The van der Waals surface area contributed by atoms with Gasteiger partial charge >= 0.3 is 0 Å². The third-order valence-corrected chi connectivity index (χ3v) is 6.65. The van der Waals surface area contributed by atoms with Crippen LogP contribution in [0.4, 0.5) is 5.69 Å². The van der Waals surface area contributed by atoms with Crippen LogP contribution in [0.25, 0.3) is 0 Å². The molecule has 0 amide bonds. The molecule has 0 radical (unpaired) electrons. The first-order chi connectivity index (χ1) is 15.6. The van der Waals surface area contributed by atoms with Crippen molar-refractivity contribution in [2.24, 2.45) is 0 Å². The number of halogens is 2. The summed E-state index contributed by atoms with van der Waals surface area (Å²) in [7, 11) is 0. The summed E-state index contributed by atoms with van der Waals surface area (Å²) in [5, 5.41) is 19.4. The zero-order valence-electron chi connectivity index (χ0n) is 17.5. The predicted octanol–water partition coefficient (Wildman–Crippen LogP) is 5.95. The van der Waals surface area contributed by atoms with Crippen LogP contribution < -0.4 is 4.90 Å². The number of piperazine rings is 1. The molecule has 3 aromatic carbocycles. The van der Waals surface area contributed by atoms with Gasteiger partial charge in [0, 0.05) is 35.7 Å². The van der Waals surface area contributed by atoms with Crippen LogP contribution in [0.5, 0.6) is 0 Å². The van der Waals surface area contributed by atoms with Crippen LogP contribution in [-0.4, -0.2) is 31.1 Å². The molecule has 6 heteroatoms. The Hall–Kier alpha value is -2.83. The van der Waals surface area contributed by atoms with Gasteiger partial charge in [0.1, 0.15) is 6.07 Å². The molecule has 4 nitrogen and oxygen atoms in total.